The lowest BCUT2D eigenvalue weighted by atomic mass is 10.2. The number of hydrogen-bond donors (Lipinski definition) is 0. The maximum atomic E-state index is 12.0. The van der Waals surface area contributed by atoms with E-state index in [0.717, 1.165) is 26.2 Å². The van der Waals surface area contributed by atoms with E-state index in [4.69, 9.17) is 0 Å². The SMILES string of the molecule is CCN(CC)CC(=O)N1CCCCCC1. The Bertz CT molecular complexity index is 182. The van der Waals surface area contributed by atoms with Crippen LogP contribution in [0.1, 0.15) is 39.5 Å². The van der Waals surface area contributed by atoms with Gasteiger partial charge in [0.25, 0.3) is 0 Å². The zero-order chi connectivity index (χ0) is 11.1. The average Bonchev–Trinajstić information content (AvgIpc) is 2.54. The average molecular weight is 212 g/mol. The van der Waals surface area contributed by atoms with Crippen LogP contribution in [0.3, 0.4) is 0 Å². The Morgan fingerprint density at radius 1 is 1.07 bits per heavy atom. The number of carbonyl (C=O) groups is 1. The van der Waals surface area contributed by atoms with E-state index in [1.54, 1.807) is 0 Å². The fourth-order valence-corrected chi connectivity index (χ4v) is 2.06. The summed E-state index contributed by atoms with van der Waals surface area (Å²) in [4.78, 5) is 16.2. The van der Waals surface area contributed by atoms with Crippen LogP contribution in [0.15, 0.2) is 0 Å². The normalized spacial score (nSPS) is 17.9. The van der Waals surface area contributed by atoms with E-state index in [1.807, 2.05) is 4.90 Å². The third-order valence-electron chi connectivity index (χ3n) is 3.21. The number of likely N-dealkylation sites (N-methyl/N-ethyl adjacent to an activating group) is 1. The Hall–Kier alpha value is -0.570. The molecular weight excluding hydrogens is 188 g/mol. The van der Waals surface area contributed by atoms with Crippen LogP contribution in [0.4, 0.5) is 0 Å². The van der Waals surface area contributed by atoms with E-state index in [-0.39, 0.29) is 0 Å². The van der Waals surface area contributed by atoms with Gasteiger partial charge in [-0.2, -0.15) is 0 Å². The van der Waals surface area contributed by atoms with Gasteiger partial charge < -0.3 is 4.90 Å². The van der Waals surface area contributed by atoms with Crippen molar-refractivity contribution in [2.24, 2.45) is 0 Å². The van der Waals surface area contributed by atoms with Crippen LogP contribution in [-0.4, -0.2) is 48.4 Å². The molecule has 0 bridgehead atoms. The fourth-order valence-electron chi connectivity index (χ4n) is 2.06. The Balaban J connectivity index is 2.36. The molecule has 0 saturated carbocycles. The van der Waals surface area contributed by atoms with E-state index in [9.17, 15) is 4.79 Å². The lowest BCUT2D eigenvalue weighted by Crippen LogP contribution is -2.40. The first-order valence-corrected chi connectivity index (χ1v) is 6.28. The summed E-state index contributed by atoms with van der Waals surface area (Å²) < 4.78 is 0. The molecule has 0 aromatic carbocycles. The van der Waals surface area contributed by atoms with Crippen molar-refractivity contribution in [1.29, 1.82) is 0 Å². The molecule has 1 saturated heterocycles. The third-order valence-corrected chi connectivity index (χ3v) is 3.21. The van der Waals surface area contributed by atoms with Crippen molar-refractivity contribution in [2.75, 3.05) is 32.7 Å². The fraction of sp³-hybridized carbons (Fsp3) is 0.917. The number of rotatable bonds is 4. The first-order valence-electron chi connectivity index (χ1n) is 6.28. The molecular formula is C12H24N2O. The van der Waals surface area contributed by atoms with Gasteiger partial charge in [-0.25, -0.2) is 0 Å². The topological polar surface area (TPSA) is 23.6 Å². The minimum Gasteiger partial charge on any atom is -0.342 e. The summed E-state index contributed by atoms with van der Waals surface area (Å²) in [6.45, 7) is 8.71. The van der Waals surface area contributed by atoms with Gasteiger partial charge in [0, 0.05) is 13.1 Å². The standard InChI is InChI=1S/C12H24N2O/c1-3-13(4-2)11-12(15)14-9-7-5-6-8-10-14/h3-11H2,1-2H3. The predicted octanol–water partition coefficient (Wildman–Crippen LogP) is 1.73. The van der Waals surface area contributed by atoms with E-state index in [2.05, 4.69) is 18.7 Å². The second-order valence-corrected chi connectivity index (χ2v) is 4.26. The van der Waals surface area contributed by atoms with Crippen molar-refractivity contribution in [3.05, 3.63) is 0 Å². The van der Waals surface area contributed by atoms with Crippen LogP contribution < -0.4 is 0 Å². The summed E-state index contributed by atoms with van der Waals surface area (Å²) in [7, 11) is 0. The Morgan fingerprint density at radius 3 is 2.07 bits per heavy atom. The molecule has 0 spiro atoms. The van der Waals surface area contributed by atoms with Crippen LogP contribution in [0.5, 0.6) is 0 Å². The summed E-state index contributed by atoms with van der Waals surface area (Å²) in [5, 5.41) is 0. The largest absolute Gasteiger partial charge is 0.342 e. The number of likely N-dealkylation sites (tertiary alicyclic amines) is 1. The predicted molar refractivity (Wildman–Crippen MR) is 62.8 cm³/mol. The van der Waals surface area contributed by atoms with Gasteiger partial charge in [-0.15, -0.1) is 0 Å². The Morgan fingerprint density at radius 2 is 1.60 bits per heavy atom. The smallest absolute Gasteiger partial charge is 0.236 e. The summed E-state index contributed by atoms with van der Waals surface area (Å²) in [5.74, 6) is 0.320. The van der Waals surface area contributed by atoms with Gasteiger partial charge in [0.15, 0.2) is 0 Å². The van der Waals surface area contributed by atoms with Crippen LogP contribution in [-0.2, 0) is 4.79 Å². The van der Waals surface area contributed by atoms with Crippen molar-refractivity contribution in [3.63, 3.8) is 0 Å². The molecule has 0 radical (unpaired) electrons. The van der Waals surface area contributed by atoms with Crippen LogP contribution in [0.2, 0.25) is 0 Å². The second kappa shape index (κ2) is 6.83. The first-order chi connectivity index (χ1) is 7.27. The number of nitrogens with zero attached hydrogens (tertiary/aromatic N) is 2. The van der Waals surface area contributed by atoms with Gasteiger partial charge in [-0.1, -0.05) is 26.7 Å². The van der Waals surface area contributed by atoms with Crippen molar-refractivity contribution in [2.45, 2.75) is 39.5 Å². The Kier molecular flexibility index (Phi) is 5.69. The van der Waals surface area contributed by atoms with Crippen LogP contribution >= 0.6 is 0 Å². The molecule has 0 aliphatic carbocycles. The molecule has 1 heterocycles. The van der Waals surface area contributed by atoms with Gasteiger partial charge in [0.1, 0.15) is 0 Å². The van der Waals surface area contributed by atoms with Crippen molar-refractivity contribution in [1.82, 2.24) is 9.80 Å². The molecule has 1 fully saturated rings. The van der Waals surface area contributed by atoms with Crippen molar-refractivity contribution in [3.8, 4) is 0 Å². The van der Waals surface area contributed by atoms with E-state index < -0.39 is 0 Å². The Labute approximate surface area is 93.4 Å². The molecule has 0 aromatic heterocycles. The highest BCUT2D eigenvalue weighted by atomic mass is 16.2. The number of amides is 1. The van der Waals surface area contributed by atoms with Crippen LogP contribution in [0, 0.1) is 0 Å². The molecule has 1 rings (SSSR count). The van der Waals surface area contributed by atoms with E-state index in [1.165, 1.54) is 25.7 Å². The molecule has 1 aliphatic heterocycles. The van der Waals surface area contributed by atoms with Crippen molar-refractivity contribution >= 4 is 5.91 Å². The second-order valence-electron chi connectivity index (χ2n) is 4.26. The quantitative estimate of drug-likeness (QED) is 0.708. The molecule has 0 N–H and O–H groups in total. The van der Waals surface area contributed by atoms with Crippen LogP contribution in [0.25, 0.3) is 0 Å². The zero-order valence-electron chi connectivity index (χ0n) is 10.2. The molecule has 0 unspecified atom stereocenters. The lowest BCUT2D eigenvalue weighted by Gasteiger charge is -2.24. The maximum Gasteiger partial charge on any atom is 0.236 e. The molecule has 3 heteroatoms. The highest BCUT2D eigenvalue weighted by Crippen LogP contribution is 2.09. The summed E-state index contributed by atoms with van der Waals surface area (Å²) in [5.41, 5.74) is 0. The molecule has 0 aromatic rings. The summed E-state index contributed by atoms with van der Waals surface area (Å²) in [6, 6.07) is 0. The summed E-state index contributed by atoms with van der Waals surface area (Å²) >= 11 is 0. The molecule has 0 atom stereocenters. The molecule has 3 nitrogen and oxygen atoms in total. The van der Waals surface area contributed by atoms with Gasteiger partial charge in [-0.3, -0.25) is 9.69 Å². The van der Waals surface area contributed by atoms with Crippen molar-refractivity contribution < 1.29 is 4.79 Å². The number of hydrogen-bond acceptors (Lipinski definition) is 2. The van der Waals surface area contributed by atoms with Gasteiger partial charge in [0.05, 0.1) is 6.54 Å². The van der Waals surface area contributed by atoms with E-state index in [0.29, 0.717) is 12.5 Å². The number of carbonyl (C=O) groups excluding carboxylic acids is 1. The first kappa shape index (κ1) is 12.5. The summed E-state index contributed by atoms with van der Waals surface area (Å²) in [6.07, 6.45) is 4.94. The molecule has 15 heavy (non-hydrogen) atoms. The zero-order valence-corrected chi connectivity index (χ0v) is 10.2. The minimum absolute atomic E-state index is 0.320. The lowest BCUT2D eigenvalue weighted by molar-refractivity contribution is -0.132. The van der Waals surface area contributed by atoms with E-state index >= 15 is 0 Å². The molecule has 88 valence electrons. The molecule has 1 amide bonds. The maximum absolute atomic E-state index is 12.0. The highest BCUT2D eigenvalue weighted by Gasteiger charge is 2.16. The highest BCUT2D eigenvalue weighted by molar-refractivity contribution is 5.78. The molecule has 1 aliphatic rings. The van der Waals surface area contributed by atoms with Gasteiger partial charge in [0.2, 0.25) is 5.91 Å². The third kappa shape index (κ3) is 4.20. The van der Waals surface area contributed by atoms with Gasteiger partial charge in [-0.05, 0) is 25.9 Å². The van der Waals surface area contributed by atoms with Gasteiger partial charge >= 0.3 is 0 Å². The minimum atomic E-state index is 0.320. The monoisotopic (exact) mass is 212 g/mol.